The van der Waals surface area contributed by atoms with Crippen LogP contribution in [0.15, 0.2) is 46.2 Å². The van der Waals surface area contributed by atoms with Crippen LogP contribution in [-0.2, 0) is 0 Å². The van der Waals surface area contributed by atoms with E-state index in [4.69, 9.17) is 5.73 Å². The van der Waals surface area contributed by atoms with Crippen molar-refractivity contribution in [3.05, 3.63) is 36.4 Å². The van der Waals surface area contributed by atoms with Gasteiger partial charge in [-0.15, -0.1) is 0 Å². The molecule has 2 aromatic carbocycles. The van der Waals surface area contributed by atoms with Gasteiger partial charge in [0.1, 0.15) is 0 Å². The number of fused-ring (bicyclic) bond motifs is 2. The first kappa shape index (κ1) is 12.2. The summed E-state index contributed by atoms with van der Waals surface area (Å²) in [7, 11) is 0. The fraction of sp³-hybridized carbons (Fsp3) is 0.200. The molecule has 0 unspecified atom stereocenters. The maximum absolute atomic E-state index is 6.16. The molecule has 0 saturated heterocycles. The van der Waals surface area contributed by atoms with Crippen LogP contribution in [0.3, 0.4) is 0 Å². The van der Waals surface area contributed by atoms with Crippen LogP contribution in [0.1, 0.15) is 13.3 Å². The molecule has 3 rings (SSSR count). The van der Waals surface area contributed by atoms with Gasteiger partial charge in [-0.1, -0.05) is 30.8 Å². The van der Waals surface area contributed by atoms with Crippen molar-refractivity contribution in [1.29, 1.82) is 0 Å². The first-order valence-corrected chi connectivity index (χ1v) is 7.31. The van der Waals surface area contributed by atoms with Crippen molar-refractivity contribution in [2.45, 2.75) is 23.1 Å². The Kier molecular flexibility index (Phi) is 3.25. The van der Waals surface area contributed by atoms with Crippen LogP contribution in [0.4, 0.5) is 22.7 Å². The number of benzene rings is 2. The molecular formula is C15H17N3S. The summed E-state index contributed by atoms with van der Waals surface area (Å²) >= 11 is 1.76. The van der Waals surface area contributed by atoms with Crippen LogP contribution in [-0.4, -0.2) is 6.54 Å². The topological polar surface area (TPSA) is 50.1 Å². The Morgan fingerprint density at radius 1 is 1.21 bits per heavy atom. The molecule has 1 aliphatic rings. The molecule has 3 nitrogen and oxygen atoms in total. The Hall–Kier alpha value is -1.81. The lowest BCUT2D eigenvalue weighted by Crippen LogP contribution is -2.06. The van der Waals surface area contributed by atoms with Crippen molar-refractivity contribution in [3.63, 3.8) is 0 Å². The van der Waals surface area contributed by atoms with E-state index >= 15 is 0 Å². The van der Waals surface area contributed by atoms with Crippen LogP contribution in [0, 0.1) is 0 Å². The first-order chi connectivity index (χ1) is 9.28. The molecule has 19 heavy (non-hydrogen) atoms. The smallest absolute Gasteiger partial charge is 0.0761 e. The maximum Gasteiger partial charge on any atom is 0.0761 e. The second-order valence-corrected chi connectivity index (χ2v) is 5.67. The van der Waals surface area contributed by atoms with Crippen LogP contribution < -0.4 is 16.4 Å². The molecule has 0 spiro atoms. The predicted molar refractivity (Wildman–Crippen MR) is 83.5 cm³/mol. The molecule has 0 bridgehead atoms. The van der Waals surface area contributed by atoms with Gasteiger partial charge >= 0.3 is 0 Å². The number of hydrogen-bond donors (Lipinski definition) is 3. The second-order valence-electron chi connectivity index (χ2n) is 4.59. The highest BCUT2D eigenvalue weighted by Gasteiger charge is 2.18. The fourth-order valence-corrected chi connectivity index (χ4v) is 3.20. The Labute approximate surface area is 117 Å². The molecule has 1 aliphatic heterocycles. The van der Waals surface area contributed by atoms with Gasteiger partial charge in [-0.25, -0.2) is 0 Å². The highest BCUT2D eigenvalue weighted by atomic mass is 32.2. The monoisotopic (exact) mass is 271 g/mol. The lowest BCUT2D eigenvalue weighted by Gasteiger charge is -2.23. The molecule has 0 aliphatic carbocycles. The number of hydrogen-bond acceptors (Lipinski definition) is 4. The van der Waals surface area contributed by atoms with Gasteiger partial charge in [0.15, 0.2) is 0 Å². The zero-order valence-electron chi connectivity index (χ0n) is 10.9. The van der Waals surface area contributed by atoms with Crippen molar-refractivity contribution in [2.24, 2.45) is 0 Å². The lowest BCUT2D eigenvalue weighted by molar-refractivity contribution is 0.979. The quantitative estimate of drug-likeness (QED) is 0.622. The molecule has 0 saturated carbocycles. The minimum absolute atomic E-state index is 0.790. The number of nitrogens with one attached hydrogen (secondary N) is 2. The summed E-state index contributed by atoms with van der Waals surface area (Å²) in [5.74, 6) is 0. The van der Waals surface area contributed by atoms with E-state index in [9.17, 15) is 0 Å². The zero-order chi connectivity index (χ0) is 13.2. The van der Waals surface area contributed by atoms with Gasteiger partial charge in [0.05, 0.1) is 17.1 Å². The molecular weight excluding hydrogens is 254 g/mol. The van der Waals surface area contributed by atoms with E-state index in [1.165, 1.54) is 9.79 Å². The van der Waals surface area contributed by atoms with E-state index in [1.807, 2.05) is 12.1 Å². The number of nitrogen functional groups attached to an aromatic ring is 1. The van der Waals surface area contributed by atoms with Gasteiger partial charge in [0.2, 0.25) is 0 Å². The number of rotatable bonds is 3. The van der Waals surface area contributed by atoms with Crippen LogP contribution in [0.25, 0.3) is 0 Å². The number of para-hydroxylation sites is 1. The summed E-state index contributed by atoms with van der Waals surface area (Å²) in [5.41, 5.74) is 10.2. The van der Waals surface area contributed by atoms with E-state index in [0.717, 1.165) is 35.7 Å². The zero-order valence-corrected chi connectivity index (χ0v) is 11.7. The molecule has 0 fully saturated rings. The van der Waals surface area contributed by atoms with Crippen molar-refractivity contribution >= 4 is 34.5 Å². The number of nitrogens with two attached hydrogens (primary N) is 1. The van der Waals surface area contributed by atoms with Gasteiger partial charge in [0.25, 0.3) is 0 Å². The molecule has 0 amide bonds. The highest BCUT2D eigenvalue weighted by molar-refractivity contribution is 7.99. The summed E-state index contributed by atoms with van der Waals surface area (Å²) in [4.78, 5) is 2.42. The molecule has 4 heteroatoms. The van der Waals surface area contributed by atoms with Gasteiger partial charge in [-0.2, -0.15) is 0 Å². The van der Waals surface area contributed by atoms with Gasteiger partial charge in [0, 0.05) is 22.0 Å². The summed E-state index contributed by atoms with van der Waals surface area (Å²) in [6.07, 6.45) is 1.10. The normalized spacial score (nSPS) is 12.3. The number of anilines is 4. The minimum atomic E-state index is 0.790. The van der Waals surface area contributed by atoms with E-state index in [1.54, 1.807) is 11.8 Å². The predicted octanol–water partition coefficient (Wildman–Crippen LogP) is 4.30. The molecule has 2 aromatic rings. The Morgan fingerprint density at radius 2 is 2.05 bits per heavy atom. The van der Waals surface area contributed by atoms with Crippen molar-refractivity contribution in [2.75, 3.05) is 22.9 Å². The van der Waals surface area contributed by atoms with E-state index in [2.05, 4.69) is 41.8 Å². The van der Waals surface area contributed by atoms with Gasteiger partial charge in [-0.3, -0.25) is 0 Å². The van der Waals surface area contributed by atoms with Crippen LogP contribution in [0.2, 0.25) is 0 Å². The average molecular weight is 271 g/mol. The van der Waals surface area contributed by atoms with E-state index < -0.39 is 0 Å². The van der Waals surface area contributed by atoms with E-state index in [-0.39, 0.29) is 0 Å². The van der Waals surface area contributed by atoms with Gasteiger partial charge in [-0.05, 0) is 30.7 Å². The lowest BCUT2D eigenvalue weighted by atomic mass is 10.2. The SMILES string of the molecule is CCCNc1cc(N)c2c(c1)Sc1ccccc1N2. The largest absolute Gasteiger partial charge is 0.397 e. The summed E-state index contributed by atoms with van der Waals surface area (Å²) < 4.78 is 0. The average Bonchev–Trinajstić information content (AvgIpc) is 2.43. The minimum Gasteiger partial charge on any atom is -0.397 e. The molecule has 4 N–H and O–H groups in total. The Morgan fingerprint density at radius 3 is 2.89 bits per heavy atom. The Bertz CT molecular complexity index is 610. The van der Waals surface area contributed by atoms with Crippen molar-refractivity contribution < 1.29 is 0 Å². The molecule has 1 heterocycles. The third-order valence-corrected chi connectivity index (χ3v) is 4.20. The van der Waals surface area contributed by atoms with Crippen molar-refractivity contribution in [1.82, 2.24) is 0 Å². The fourth-order valence-electron chi connectivity index (χ4n) is 2.13. The summed E-state index contributed by atoms with van der Waals surface area (Å²) in [5, 5.41) is 6.81. The third kappa shape index (κ3) is 2.36. The Balaban J connectivity index is 1.96. The third-order valence-electron chi connectivity index (χ3n) is 3.08. The first-order valence-electron chi connectivity index (χ1n) is 6.49. The summed E-state index contributed by atoms with van der Waals surface area (Å²) in [6.45, 7) is 3.12. The second kappa shape index (κ2) is 5.05. The van der Waals surface area contributed by atoms with E-state index in [0.29, 0.717) is 0 Å². The standard InChI is InChI=1S/C15H17N3S/c1-2-7-17-10-8-11(16)15-14(9-10)19-13-6-4-3-5-12(13)18-15/h3-6,8-9,17-18H,2,7,16H2,1H3. The molecule has 0 atom stereocenters. The van der Waals surface area contributed by atoms with Crippen molar-refractivity contribution in [3.8, 4) is 0 Å². The molecule has 98 valence electrons. The molecule has 0 aromatic heterocycles. The van der Waals surface area contributed by atoms with Crippen LogP contribution >= 0.6 is 11.8 Å². The maximum atomic E-state index is 6.16. The highest BCUT2D eigenvalue weighted by Crippen LogP contribution is 2.47. The van der Waals surface area contributed by atoms with Crippen LogP contribution in [0.5, 0.6) is 0 Å². The van der Waals surface area contributed by atoms with Gasteiger partial charge < -0.3 is 16.4 Å². The summed E-state index contributed by atoms with van der Waals surface area (Å²) in [6, 6.07) is 12.4. The molecule has 0 radical (unpaired) electrons.